The van der Waals surface area contributed by atoms with Gasteiger partial charge in [-0.15, -0.1) is 11.3 Å². The van der Waals surface area contributed by atoms with Crippen molar-refractivity contribution >= 4 is 28.6 Å². The molecule has 0 amide bonds. The van der Waals surface area contributed by atoms with Crippen molar-refractivity contribution in [3.63, 3.8) is 0 Å². The summed E-state index contributed by atoms with van der Waals surface area (Å²) in [5, 5.41) is 13.2. The molecule has 3 nitrogen and oxygen atoms in total. The molecule has 0 saturated heterocycles. The quantitative estimate of drug-likeness (QED) is 0.471. The first-order chi connectivity index (χ1) is 4.22. The second kappa shape index (κ2) is 2.33. The summed E-state index contributed by atoms with van der Waals surface area (Å²) in [7, 11) is 0. The molecule has 0 spiro atoms. The van der Waals surface area contributed by atoms with Crippen molar-refractivity contribution < 1.29 is 4.92 Å². The van der Waals surface area contributed by atoms with Crippen LogP contribution in [0.5, 0.6) is 0 Å². The summed E-state index contributed by atoms with van der Waals surface area (Å²) in [5.41, 5.74) is -0.0123. The van der Waals surface area contributed by atoms with E-state index >= 15 is 0 Å². The fourth-order valence-electron chi connectivity index (χ4n) is 0.405. The van der Waals surface area contributed by atoms with Crippen LogP contribution >= 0.6 is 22.9 Å². The number of halogens is 1. The molecule has 0 saturated carbocycles. The monoisotopic (exact) mass is 163 g/mol. The number of rotatable bonds is 1. The Kier molecular flexibility index (Phi) is 1.68. The Labute approximate surface area is 60.0 Å². The van der Waals surface area contributed by atoms with Crippen LogP contribution < -0.4 is 0 Å². The molecule has 1 aromatic heterocycles. The van der Waals surface area contributed by atoms with Gasteiger partial charge in [0.15, 0.2) is 0 Å². The van der Waals surface area contributed by atoms with Gasteiger partial charge in [0.25, 0.3) is 5.69 Å². The molecular formula is C4H2ClNO2S. The lowest BCUT2D eigenvalue weighted by Gasteiger charge is -1.81. The number of nitro groups is 1. The van der Waals surface area contributed by atoms with Crippen molar-refractivity contribution in [1.82, 2.24) is 0 Å². The van der Waals surface area contributed by atoms with Gasteiger partial charge in [-0.25, -0.2) is 0 Å². The zero-order valence-electron chi connectivity index (χ0n) is 4.20. The maximum Gasteiger partial charge on any atom is 0.298 e. The van der Waals surface area contributed by atoms with Gasteiger partial charge in [0.1, 0.15) is 5.02 Å². The minimum atomic E-state index is -0.501. The molecule has 48 valence electrons. The first-order valence-corrected chi connectivity index (χ1v) is 3.40. The van der Waals surface area contributed by atoms with Crippen molar-refractivity contribution in [3.8, 4) is 0 Å². The predicted molar refractivity (Wildman–Crippen MR) is 36.0 cm³/mol. The van der Waals surface area contributed by atoms with Crippen molar-refractivity contribution in [2.24, 2.45) is 0 Å². The van der Waals surface area contributed by atoms with Crippen LogP contribution in [0, 0.1) is 10.1 Å². The number of nitrogens with zero attached hydrogens (tertiary/aromatic N) is 1. The van der Waals surface area contributed by atoms with Crippen LogP contribution in [-0.4, -0.2) is 4.92 Å². The van der Waals surface area contributed by atoms with Crippen molar-refractivity contribution in [2.45, 2.75) is 0 Å². The van der Waals surface area contributed by atoms with E-state index in [2.05, 4.69) is 0 Å². The highest BCUT2D eigenvalue weighted by molar-refractivity contribution is 7.08. The molecule has 0 radical (unpaired) electrons. The van der Waals surface area contributed by atoms with Gasteiger partial charge in [0.2, 0.25) is 0 Å². The Bertz CT molecular complexity index is 234. The Morgan fingerprint density at radius 1 is 1.67 bits per heavy atom. The van der Waals surface area contributed by atoms with E-state index in [1.807, 2.05) is 0 Å². The van der Waals surface area contributed by atoms with E-state index in [9.17, 15) is 10.1 Å². The molecule has 9 heavy (non-hydrogen) atoms. The minimum absolute atomic E-state index is 0.0123. The number of hydrogen-bond acceptors (Lipinski definition) is 3. The maximum absolute atomic E-state index is 10.0. The van der Waals surface area contributed by atoms with Crippen LogP contribution in [0.4, 0.5) is 5.69 Å². The van der Waals surface area contributed by atoms with E-state index in [1.54, 1.807) is 0 Å². The molecule has 0 bridgehead atoms. The molecule has 5 heteroatoms. The van der Waals surface area contributed by atoms with Gasteiger partial charge >= 0.3 is 0 Å². The van der Waals surface area contributed by atoms with Gasteiger partial charge in [-0.05, 0) is 0 Å². The molecule has 0 N–H and O–H groups in total. The third kappa shape index (κ3) is 1.20. The zero-order valence-corrected chi connectivity index (χ0v) is 5.78. The maximum atomic E-state index is 10.0. The molecule has 1 aromatic rings. The van der Waals surface area contributed by atoms with E-state index < -0.39 is 4.92 Å². The van der Waals surface area contributed by atoms with Crippen molar-refractivity contribution in [2.75, 3.05) is 0 Å². The van der Waals surface area contributed by atoms with Crippen molar-refractivity contribution in [1.29, 1.82) is 0 Å². The molecule has 0 atom stereocenters. The summed E-state index contributed by atoms with van der Waals surface area (Å²) in [4.78, 5) is 9.51. The van der Waals surface area contributed by atoms with Gasteiger partial charge in [0.05, 0.1) is 10.3 Å². The van der Waals surface area contributed by atoms with Gasteiger partial charge in [-0.1, -0.05) is 11.6 Å². The normalized spacial score (nSPS) is 9.44. The van der Waals surface area contributed by atoms with E-state index in [0.29, 0.717) is 0 Å². The SMILES string of the molecule is O=[N+]([O-])c1cscc1Cl. The van der Waals surface area contributed by atoms with Crippen LogP contribution in [0.25, 0.3) is 0 Å². The third-order valence-electron chi connectivity index (χ3n) is 0.793. The van der Waals surface area contributed by atoms with Crippen LogP contribution in [0.3, 0.4) is 0 Å². The highest BCUT2D eigenvalue weighted by Gasteiger charge is 2.10. The Hall–Kier alpha value is -0.610. The van der Waals surface area contributed by atoms with E-state index in [0.717, 1.165) is 0 Å². The van der Waals surface area contributed by atoms with Crippen molar-refractivity contribution in [3.05, 3.63) is 25.9 Å². The molecule has 0 aliphatic heterocycles. The molecule has 0 aliphatic carbocycles. The van der Waals surface area contributed by atoms with Crippen LogP contribution in [-0.2, 0) is 0 Å². The molecule has 0 fully saturated rings. The lowest BCUT2D eigenvalue weighted by Crippen LogP contribution is -1.83. The first kappa shape index (κ1) is 6.51. The van der Waals surface area contributed by atoms with Gasteiger partial charge in [0, 0.05) is 5.38 Å². The predicted octanol–water partition coefficient (Wildman–Crippen LogP) is 2.31. The second-order valence-corrected chi connectivity index (χ2v) is 2.51. The highest BCUT2D eigenvalue weighted by Crippen LogP contribution is 2.27. The average Bonchev–Trinajstić information content (AvgIpc) is 2.13. The summed E-state index contributed by atoms with van der Waals surface area (Å²) in [6.07, 6.45) is 0. The summed E-state index contributed by atoms with van der Waals surface area (Å²) in [6, 6.07) is 0. The molecule has 1 heterocycles. The Morgan fingerprint density at radius 2 is 2.33 bits per heavy atom. The highest BCUT2D eigenvalue weighted by atomic mass is 35.5. The smallest absolute Gasteiger partial charge is 0.258 e. The lowest BCUT2D eigenvalue weighted by molar-refractivity contribution is -0.384. The largest absolute Gasteiger partial charge is 0.298 e. The zero-order chi connectivity index (χ0) is 6.85. The fraction of sp³-hybridized carbons (Fsp3) is 0. The number of hydrogen-bond donors (Lipinski definition) is 0. The second-order valence-electron chi connectivity index (χ2n) is 1.36. The third-order valence-corrected chi connectivity index (χ3v) is 1.96. The topological polar surface area (TPSA) is 43.1 Å². The molecule has 1 rings (SSSR count). The minimum Gasteiger partial charge on any atom is -0.258 e. The summed E-state index contributed by atoms with van der Waals surface area (Å²) >= 11 is 6.62. The Morgan fingerprint density at radius 3 is 2.56 bits per heavy atom. The van der Waals surface area contributed by atoms with E-state index in [-0.39, 0.29) is 10.7 Å². The number of thiophene rings is 1. The van der Waals surface area contributed by atoms with Crippen LogP contribution in [0.15, 0.2) is 10.8 Å². The molecule has 0 unspecified atom stereocenters. The van der Waals surface area contributed by atoms with E-state index in [4.69, 9.17) is 11.6 Å². The fourth-order valence-corrected chi connectivity index (χ4v) is 1.40. The van der Waals surface area contributed by atoms with Crippen LogP contribution in [0.2, 0.25) is 5.02 Å². The molecule has 0 aliphatic rings. The summed E-state index contributed by atoms with van der Waals surface area (Å²) < 4.78 is 0. The summed E-state index contributed by atoms with van der Waals surface area (Å²) in [6.45, 7) is 0. The van der Waals surface area contributed by atoms with Gasteiger partial charge in [-0.3, -0.25) is 10.1 Å². The first-order valence-electron chi connectivity index (χ1n) is 2.08. The molecular weight excluding hydrogens is 162 g/mol. The van der Waals surface area contributed by atoms with E-state index in [1.165, 1.54) is 22.1 Å². The standard InChI is InChI=1S/C4H2ClNO2S/c5-3-1-9-2-4(3)6(7)8/h1-2H. The Balaban J connectivity index is 3.08. The average molecular weight is 164 g/mol. The molecule has 0 aromatic carbocycles. The summed E-state index contributed by atoms with van der Waals surface area (Å²) in [5.74, 6) is 0. The van der Waals surface area contributed by atoms with Crippen LogP contribution in [0.1, 0.15) is 0 Å². The van der Waals surface area contributed by atoms with Gasteiger partial charge < -0.3 is 0 Å². The van der Waals surface area contributed by atoms with Gasteiger partial charge in [-0.2, -0.15) is 0 Å². The lowest BCUT2D eigenvalue weighted by atomic mass is 10.6.